The number of aliphatic hydroxyl groups is 1. The Kier molecular flexibility index (Phi) is 8.05. The number of anilines is 1. The summed E-state index contributed by atoms with van der Waals surface area (Å²) >= 11 is 0. The number of benzene rings is 1. The van der Waals surface area contributed by atoms with Crippen LogP contribution in [0.15, 0.2) is 30.5 Å². The first-order valence-corrected chi connectivity index (χ1v) is 7.43. The molecule has 0 amide bonds. The van der Waals surface area contributed by atoms with Gasteiger partial charge in [-0.15, -0.1) is 0 Å². The number of likely N-dealkylation sites (N-methyl/N-ethyl adjacent to an activating group) is 2. The van der Waals surface area contributed by atoms with Gasteiger partial charge in [0.2, 0.25) is 0 Å². The summed E-state index contributed by atoms with van der Waals surface area (Å²) in [4.78, 5) is 4.52. The van der Waals surface area contributed by atoms with E-state index in [-0.39, 0.29) is 5.57 Å². The first-order valence-electron chi connectivity index (χ1n) is 7.43. The lowest BCUT2D eigenvalue weighted by Gasteiger charge is -2.25. The summed E-state index contributed by atoms with van der Waals surface area (Å²) in [6.07, 6.45) is 0.841. The van der Waals surface area contributed by atoms with Crippen molar-refractivity contribution in [3.05, 3.63) is 36.1 Å². The molecule has 0 aliphatic carbocycles. The van der Waals surface area contributed by atoms with Crippen LogP contribution in [0.5, 0.6) is 0 Å². The second kappa shape index (κ2) is 9.82. The lowest BCUT2D eigenvalue weighted by atomic mass is 10.1. The molecule has 0 saturated heterocycles. The molecule has 0 spiro atoms. The van der Waals surface area contributed by atoms with Crippen molar-refractivity contribution in [2.24, 2.45) is 0 Å². The molecule has 0 aliphatic rings. The summed E-state index contributed by atoms with van der Waals surface area (Å²) in [5.74, 6) is 0. The number of nitriles is 1. The van der Waals surface area contributed by atoms with Crippen molar-refractivity contribution in [1.82, 2.24) is 4.90 Å². The molecule has 0 saturated carbocycles. The van der Waals surface area contributed by atoms with E-state index in [0.29, 0.717) is 0 Å². The zero-order valence-electron chi connectivity index (χ0n) is 13.6. The number of ether oxygens (including phenoxy) is 1. The van der Waals surface area contributed by atoms with E-state index in [1.807, 2.05) is 37.4 Å². The Hall–Kier alpha value is -2.03. The molecular formula is C17H25N3O2. The number of methoxy groups -OCH3 is 1. The Morgan fingerprint density at radius 1 is 1.27 bits per heavy atom. The Labute approximate surface area is 133 Å². The Morgan fingerprint density at radius 3 is 2.45 bits per heavy atom. The van der Waals surface area contributed by atoms with Crippen molar-refractivity contribution >= 4 is 11.3 Å². The Bertz CT molecular complexity index is 506. The van der Waals surface area contributed by atoms with Crippen LogP contribution in [0.4, 0.5) is 5.69 Å². The van der Waals surface area contributed by atoms with E-state index >= 15 is 0 Å². The maximum absolute atomic E-state index is 8.99. The predicted octanol–water partition coefficient (Wildman–Crippen LogP) is 2.51. The molecule has 0 unspecified atom stereocenters. The van der Waals surface area contributed by atoms with Crippen LogP contribution in [0.1, 0.15) is 12.5 Å². The van der Waals surface area contributed by atoms with Crippen molar-refractivity contribution in [2.75, 3.05) is 51.8 Å². The monoisotopic (exact) mass is 303 g/mol. The highest BCUT2D eigenvalue weighted by Gasteiger charge is 2.06. The zero-order chi connectivity index (χ0) is 16.4. The summed E-state index contributed by atoms with van der Waals surface area (Å²) in [6.45, 7) is 6.72. The highest BCUT2D eigenvalue weighted by Crippen LogP contribution is 2.18. The van der Waals surface area contributed by atoms with E-state index in [9.17, 15) is 0 Å². The van der Waals surface area contributed by atoms with Crippen molar-refractivity contribution < 1.29 is 9.84 Å². The number of allylic oxidation sites excluding steroid dienone is 1. The molecule has 1 rings (SSSR count). The molecule has 1 aromatic rings. The second-order valence-corrected chi connectivity index (χ2v) is 5.05. The van der Waals surface area contributed by atoms with Gasteiger partial charge in [0.15, 0.2) is 0 Å². The molecule has 0 heterocycles. The normalized spacial score (nSPS) is 11.5. The molecule has 0 atom stereocenters. The quantitative estimate of drug-likeness (QED) is 0.561. The van der Waals surface area contributed by atoms with Gasteiger partial charge in [0.05, 0.1) is 18.4 Å². The smallest absolute Gasteiger partial charge is 0.103 e. The summed E-state index contributed by atoms with van der Waals surface area (Å²) in [6, 6.07) is 9.58. The van der Waals surface area contributed by atoms with Gasteiger partial charge in [-0.2, -0.15) is 5.26 Å². The molecule has 1 N–H and O–H groups in total. The van der Waals surface area contributed by atoms with Crippen molar-refractivity contribution in [1.29, 1.82) is 5.26 Å². The SMILES string of the molecule is CCN(CCOC)CCN(C)c1ccc(/C(C#N)=C\O)cc1. The predicted molar refractivity (Wildman–Crippen MR) is 89.9 cm³/mol. The maximum atomic E-state index is 8.99. The summed E-state index contributed by atoms with van der Waals surface area (Å²) < 4.78 is 5.12. The van der Waals surface area contributed by atoms with Crippen molar-refractivity contribution in [3.63, 3.8) is 0 Å². The first-order chi connectivity index (χ1) is 10.7. The Balaban J connectivity index is 2.59. The van der Waals surface area contributed by atoms with E-state index in [1.54, 1.807) is 7.11 Å². The summed E-state index contributed by atoms with van der Waals surface area (Å²) in [5, 5.41) is 17.9. The Morgan fingerprint density at radius 2 is 1.95 bits per heavy atom. The van der Waals surface area contributed by atoms with Gasteiger partial charge >= 0.3 is 0 Å². The minimum atomic E-state index is 0.269. The number of aliphatic hydroxyl groups excluding tert-OH is 1. The van der Waals surface area contributed by atoms with Crippen LogP contribution in [0.25, 0.3) is 5.57 Å². The van der Waals surface area contributed by atoms with Crippen LogP contribution in [-0.4, -0.2) is 56.9 Å². The van der Waals surface area contributed by atoms with E-state index in [1.165, 1.54) is 0 Å². The fourth-order valence-electron chi connectivity index (χ4n) is 2.13. The topological polar surface area (TPSA) is 59.7 Å². The van der Waals surface area contributed by atoms with Crippen molar-refractivity contribution in [2.45, 2.75) is 6.92 Å². The third-order valence-electron chi connectivity index (χ3n) is 3.68. The molecule has 22 heavy (non-hydrogen) atoms. The summed E-state index contributed by atoms with van der Waals surface area (Å²) in [5.41, 5.74) is 2.07. The lowest BCUT2D eigenvalue weighted by molar-refractivity contribution is 0.152. The zero-order valence-corrected chi connectivity index (χ0v) is 13.6. The van der Waals surface area contributed by atoms with Crippen molar-refractivity contribution in [3.8, 4) is 6.07 Å². The lowest BCUT2D eigenvalue weighted by Crippen LogP contribution is -2.35. The molecule has 5 heteroatoms. The van der Waals surface area contributed by atoms with E-state index in [0.717, 1.165) is 50.3 Å². The maximum Gasteiger partial charge on any atom is 0.103 e. The minimum absolute atomic E-state index is 0.269. The minimum Gasteiger partial charge on any atom is -0.514 e. The van der Waals surface area contributed by atoms with E-state index in [4.69, 9.17) is 15.1 Å². The number of hydrogen-bond donors (Lipinski definition) is 1. The standard InChI is InChI=1S/C17H25N3O2/c1-4-20(11-12-22-3)10-9-19(2)17-7-5-15(6-8-17)16(13-18)14-21/h5-8,14,21H,4,9-12H2,1-3H3/b16-14-. The third-order valence-corrected chi connectivity index (χ3v) is 3.68. The second-order valence-electron chi connectivity index (χ2n) is 5.05. The summed E-state index contributed by atoms with van der Waals surface area (Å²) in [7, 11) is 3.77. The number of hydrogen-bond acceptors (Lipinski definition) is 5. The fraction of sp³-hybridized carbons (Fsp3) is 0.471. The molecule has 0 aliphatic heterocycles. The van der Waals surface area contributed by atoms with Gasteiger partial charge in [-0.1, -0.05) is 19.1 Å². The largest absolute Gasteiger partial charge is 0.514 e. The highest BCUT2D eigenvalue weighted by atomic mass is 16.5. The van der Waals surface area contributed by atoms with Crippen LogP contribution in [0.3, 0.4) is 0 Å². The van der Waals surface area contributed by atoms with Gasteiger partial charge in [-0.05, 0) is 24.2 Å². The number of nitrogens with zero attached hydrogens (tertiary/aromatic N) is 3. The molecule has 1 aromatic carbocycles. The van der Waals surface area contributed by atoms with Gasteiger partial charge in [0.25, 0.3) is 0 Å². The first kappa shape index (κ1) is 18.0. The molecule has 0 radical (unpaired) electrons. The van der Waals surface area contributed by atoms with Gasteiger partial charge in [-0.3, -0.25) is 4.90 Å². The molecular weight excluding hydrogens is 278 g/mol. The van der Waals surface area contributed by atoms with Gasteiger partial charge in [0.1, 0.15) is 6.07 Å². The molecule has 5 nitrogen and oxygen atoms in total. The van der Waals surface area contributed by atoms with Crippen LogP contribution in [0, 0.1) is 11.3 Å². The van der Waals surface area contributed by atoms with E-state index < -0.39 is 0 Å². The van der Waals surface area contributed by atoms with Gasteiger partial charge < -0.3 is 14.7 Å². The molecule has 0 fully saturated rings. The van der Waals surface area contributed by atoms with Gasteiger partial charge in [0, 0.05) is 39.5 Å². The van der Waals surface area contributed by atoms with Crippen LogP contribution in [-0.2, 0) is 4.74 Å². The number of rotatable bonds is 9. The van der Waals surface area contributed by atoms with Crippen LogP contribution in [0.2, 0.25) is 0 Å². The van der Waals surface area contributed by atoms with Crippen LogP contribution >= 0.6 is 0 Å². The average molecular weight is 303 g/mol. The fourth-order valence-corrected chi connectivity index (χ4v) is 2.13. The average Bonchev–Trinajstić information content (AvgIpc) is 2.56. The van der Waals surface area contributed by atoms with Gasteiger partial charge in [-0.25, -0.2) is 0 Å². The third kappa shape index (κ3) is 5.40. The molecule has 120 valence electrons. The highest BCUT2D eigenvalue weighted by molar-refractivity contribution is 5.76. The van der Waals surface area contributed by atoms with Crippen LogP contribution < -0.4 is 4.90 Å². The molecule has 0 bridgehead atoms. The van der Waals surface area contributed by atoms with E-state index in [2.05, 4.69) is 16.7 Å². The molecule has 0 aromatic heterocycles.